The second-order valence-corrected chi connectivity index (χ2v) is 5.25. The highest BCUT2D eigenvalue weighted by atomic mass is 16.4. The van der Waals surface area contributed by atoms with Gasteiger partial charge >= 0.3 is 11.9 Å². The highest BCUT2D eigenvalue weighted by Crippen LogP contribution is 2.35. The second kappa shape index (κ2) is 6.38. The minimum atomic E-state index is -1.26. The molecule has 0 fully saturated rings. The summed E-state index contributed by atoms with van der Waals surface area (Å²) < 4.78 is 0. The van der Waals surface area contributed by atoms with Gasteiger partial charge in [0.1, 0.15) is 0 Å². The molecule has 118 valence electrons. The largest absolute Gasteiger partial charge is 0.478 e. The molecule has 2 N–H and O–H groups in total. The molecule has 3 aromatic carbocycles. The number of carbonyl (C=O) groups is 2. The molecule has 0 saturated carbocycles. The molecule has 0 amide bonds. The molecule has 3 rings (SSSR count). The number of rotatable bonds is 4. The summed E-state index contributed by atoms with van der Waals surface area (Å²) in [5.74, 6) is -2.52. The lowest BCUT2D eigenvalue weighted by molar-refractivity contribution is 0.0652. The van der Waals surface area contributed by atoms with Crippen LogP contribution in [-0.4, -0.2) is 22.2 Å². The van der Waals surface area contributed by atoms with E-state index in [1.54, 1.807) is 24.3 Å². The molecular weight excluding hydrogens is 304 g/mol. The van der Waals surface area contributed by atoms with Gasteiger partial charge in [0.2, 0.25) is 0 Å². The van der Waals surface area contributed by atoms with Crippen molar-refractivity contribution in [2.24, 2.45) is 0 Å². The van der Waals surface area contributed by atoms with Crippen molar-refractivity contribution in [1.29, 1.82) is 0 Å². The summed E-state index contributed by atoms with van der Waals surface area (Å²) in [6.07, 6.45) is 0. The number of benzene rings is 3. The Bertz CT molecular complexity index is 914. The van der Waals surface area contributed by atoms with Crippen LogP contribution in [0.1, 0.15) is 20.7 Å². The first-order valence-corrected chi connectivity index (χ1v) is 7.34. The Morgan fingerprint density at radius 3 is 1.79 bits per heavy atom. The third kappa shape index (κ3) is 2.77. The lowest BCUT2D eigenvalue weighted by Gasteiger charge is -2.14. The van der Waals surface area contributed by atoms with Gasteiger partial charge in [-0.05, 0) is 28.3 Å². The fourth-order valence-electron chi connectivity index (χ4n) is 2.77. The van der Waals surface area contributed by atoms with Gasteiger partial charge in [-0.25, -0.2) is 9.59 Å². The van der Waals surface area contributed by atoms with Crippen LogP contribution in [0, 0.1) is 0 Å². The molecule has 0 unspecified atom stereocenters. The van der Waals surface area contributed by atoms with Crippen LogP contribution < -0.4 is 0 Å². The van der Waals surface area contributed by atoms with Crippen molar-refractivity contribution in [2.75, 3.05) is 0 Å². The Balaban J connectivity index is 2.31. The van der Waals surface area contributed by atoms with Crippen LogP contribution in [-0.2, 0) is 0 Å². The van der Waals surface area contributed by atoms with Crippen LogP contribution >= 0.6 is 0 Å². The summed E-state index contributed by atoms with van der Waals surface area (Å²) in [7, 11) is 0. The zero-order valence-electron chi connectivity index (χ0n) is 12.6. The molecule has 24 heavy (non-hydrogen) atoms. The molecule has 4 heteroatoms. The predicted molar refractivity (Wildman–Crippen MR) is 91.2 cm³/mol. The first kappa shape index (κ1) is 15.5. The van der Waals surface area contributed by atoms with E-state index in [4.69, 9.17) is 0 Å². The lowest BCUT2D eigenvalue weighted by Crippen LogP contribution is -2.10. The van der Waals surface area contributed by atoms with Gasteiger partial charge in [0.25, 0.3) is 0 Å². The maximum absolute atomic E-state index is 11.7. The standard InChI is InChI=1S/C20H14O4/c21-19(22)17-12-6-11-16(18(17)20(23)24)15-10-5-4-9-14(15)13-7-2-1-3-8-13/h1-12H,(H,21,22)(H,23,24). The highest BCUT2D eigenvalue weighted by molar-refractivity contribution is 6.07. The summed E-state index contributed by atoms with van der Waals surface area (Å²) in [5, 5.41) is 18.9. The molecule has 3 aromatic rings. The lowest BCUT2D eigenvalue weighted by atomic mass is 9.90. The molecule has 0 aliphatic carbocycles. The van der Waals surface area contributed by atoms with Crippen LogP contribution in [0.3, 0.4) is 0 Å². The quantitative estimate of drug-likeness (QED) is 0.747. The molecule has 0 atom stereocenters. The monoisotopic (exact) mass is 318 g/mol. The second-order valence-electron chi connectivity index (χ2n) is 5.25. The normalized spacial score (nSPS) is 10.3. The third-order valence-electron chi connectivity index (χ3n) is 3.81. The first-order chi connectivity index (χ1) is 11.6. The number of carboxylic acids is 2. The van der Waals surface area contributed by atoms with Crippen molar-refractivity contribution in [3.05, 3.63) is 83.9 Å². The topological polar surface area (TPSA) is 74.6 Å². The molecule has 0 aliphatic rings. The Morgan fingerprint density at radius 2 is 1.17 bits per heavy atom. The maximum atomic E-state index is 11.7. The van der Waals surface area contributed by atoms with Crippen molar-refractivity contribution in [3.8, 4) is 22.3 Å². The number of hydrogen-bond acceptors (Lipinski definition) is 2. The Kier molecular flexibility index (Phi) is 4.12. The van der Waals surface area contributed by atoms with Crippen molar-refractivity contribution >= 4 is 11.9 Å². The Hall–Kier alpha value is -3.40. The van der Waals surface area contributed by atoms with E-state index >= 15 is 0 Å². The van der Waals surface area contributed by atoms with E-state index in [2.05, 4.69) is 0 Å². The van der Waals surface area contributed by atoms with Gasteiger partial charge in [-0.2, -0.15) is 0 Å². The van der Waals surface area contributed by atoms with Crippen LogP contribution in [0.4, 0.5) is 0 Å². The van der Waals surface area contributed by atoms with Crippen molar-refractivity contribution in [3.63, 3.8) is 0 Å². The highest BCUT2D eigenvalue weighted by Gasteiger charge is 2.22. The van der Waals surface area contributed by atoms with Gasteiger partial charge in [0, 0.05) is 0 Å². The average molecular weight is 318 g/mol. The molecule has 0 saturated heterocycles. The van der Waals surface area contributed by atoms with Gasteiger partial charge < -0.3 is 10.2 Å². The Labute approximate surface area is 138 Å². The molecule has 0 heterocycles. The minimum absolute atomic E-state index is 0.201. The van der Waals surface area contributed by atoms with E-state index in [0.29, 0.717) is 11.1 Å². The molecular formula is C20H14O4. The first-order valence-electron chi connectivity index (χ1n) is 7.34. The van der Waals surface area contributed by atoms with Crippen molar-refractivity contribution in [1.82, 2.24) is 0 Å². The number of aromatic carboxylic acids is 2. The van der Waals surface area contributed by atoms with Gasteiger partial charge in [0.05, 0.1) is 11.1 Å². The van der Waals surface area contributed by atoms with Gasteiger partial charge in [-0.3, -0.25) is 0 Å². The minimum Gasteiger partial charge on any atom is -0.478 e. The molecule has 0 spiro atoms. The van der Waals surface area contributed by atoms with E-state index in [1.165, 1.54) is 6.07 Å². The fourth-order valence-corrected chi connectivity index (χ4v) is 2.77. The van der Waals surface area contributed by atoms with Crippen LogP contribution in [0.2, 0.25) is 0 Å². The summed E-state index contributed by atoms with van der Waals surface area (Å²) in [4.78, 5) is 23.1. The van der Waals surface area contributed by atoms with Crippen LogP contribution in [0.25, 0.3) is 22.3 Å². The number of hydrogen-bond donors (Lipinski definition) is 2. The van der Waals surface area contributed by atoms with E-state index in [9.17, 15) is 19.8 Å². The molecule has 0 aliphatic heterocycles. The van der Waals surface area contributed by atoms with Crippen LogP contribution in [0.5, 0.6) is 0 Å². The summed E-state index contributed by atoms with van der Waals surface area (Å²) >= 11 is 0. The molecule has 4 nitrogen and oxygen atoms in total. The van der Waals surface area contributed by atoms with Crippen molar-refractivity contribution in [2.45, 2.75) is 0 Å². The summed E-state index contributed by atoms with van der Waals surface area (Å²) in [5.41, 5.74) is 2.44. The van der Waals surface area contributed by atoms with E-state index < -0.39 is 11.9 Å². The SMILES string of the molecule is O=C(O)c1cccc(-c2ccccc2-c2ccccc2)c1C(=O)O. The molecule has 0 radical (unpaired) electrons. The zero-order chi connectivity index (χ0) is 17.1. The molecule has 0 aromatic heterocycles. The summed E-state index contributed by atoms with van der Waals surface area (Å²) in [6, 6.07) is 21.4. The average Bonchev–Trinajstić information content (AvgIpc) is 2.61. The van der Waals surface area contributed by atoms with Gasteiger partial charge in [0.15, 0.2) is 0 Å². The maximum Gasteiger partial charge on any atom is 0.337 e. The van der Waals surface area contributed by atoms with E-state index in [-0.39, 0.29) is 11.1 Å². The smallest absolute Gasteiger partial charge is 0.337 e. The zero-order valence-corrected chi connectivity index (χ0v) is 12.6. The van der Waals surface area contributed by atoms with E-state index in [0.717, 1.165) is 11.1 Å². The predicted octanol–water partition coefficient (Wildman–Crippen LogP) is 4.42. The Morgan fingerprint density at radius 1 is 0.583 bits per heavy atom. The third-order valence-corrected chi connectivity index (χ3v) is 3.81. The van der Waals surface area contributed by atoms with Gasteiger partial charge in [-0.1, -0.05) is 66.7 Å². The van der Waals surface area contributed by atoms with Gasteiger partial charge in [-0.15, -0.1) is 0 Å². The van der Waals surface area contributed by atoms with Crippen molar-refractivity contribution < 1.29 is 19.8 Å². The van der Waals surface area contributed by atoms with E-state index in [1.807, 2.05) is 42.5 Å². The fraction of sp³-hybridized carbons (Fsp3) is 0. The number of carboxylic acid groups (broad SMARTS) is 2. The van der Waals surface area contributed by atoms with Crippen LogP contribution in [0.15, 0.2) is 72.8 Å². The summed E-state index contributed by atoms with van der Waals surface area (Å²) in [6.45, 7) is 0. The molecule has 0 bridgehead atoms.